The smallest absolute Gasteiger partial charge is 0.106 e. The number of aromatic nitrogens is 1. The Morgan fingerprint density at radius 2 is 2.31 bits per heavy atom. The minimum atomic E-state index is 0.566. The molecule has 0 spiro atoms. The van der Waals surface area contributed by atoms with Crippen LogP contribution in [0.4, 0.5) is 0 Å². The van der Waals surface area contributed by atoms with Crippen LogP contribution in [0.15, 0.2) is 29.0 Å². The van der Waals surface area contributed by atoms with Crippen molar-refractivity contribution >= 4 is 21.5 Å². The van der Waals surface area contributed by atoms with Gasteiger partial charge in [0.1, 0.15) is 4.60 Å². The number of hydrogen-bond acceptors (Lipinski definition) is 2. The molecular weight excluding hydrogens is 264 g/mol. The number of nitrogens with zero attached hydrogens (tertiary/aromatic N) is 1. The Hall–Kier alpha value is -0.670. The number of pyridine rings is 1. The molecule has 16 heavy (non-hydrogen) atoms. The van der Waals surface area contributed by atoms with E-state index in [9.17, 15) is 0 Å². The van der Waals surface area contributed by atoms with Gasteiger partial charge in [0.05, 0.1) is 0 Å². The molecule has 1 N–H and O–H groups in total. The van der Waals surface area contributed by atoms with E-state index in [2.05, 4.69) is 38.4 Å². The Labute approximate surface area is 104 Å². The van der Waals surface area contributed by atoms with E-state index in [4.69, 9.17) is 0 Å². The van der Waals surface area contributed by atoms with Gasteiger partial charge in [-0.2, -0.15) is 0 Å². The lowest BCUT2D eigenvalue weighted by molar-refractivity contribution is 0.346. The first-order valence-electron chi connectivity index (χ1n) is 5.90. The molecule has 0 amide bonds. The first-order chi connectivity index (χ1) is 7.84. The van der Waals surface area contributed by atoms with Crippen LogP contribution in [0.2, 0.25) is 0 Å². The van der Waals surface area contributed by atoms with Gasteiger partial charge in [0.15, 0.2) is 0 Å². The summed E-state index contributed by atoms with van der Waals surface area (Å²) in [6.07, 6.45) is 8.26. The van der Waals surface area contributed by atoms with Gasteiger partial charge in [0, 0.05) is 12.2 Å². The average molecular weight is 279 g/mol. The van der Waals surface area contributed by atoms with Crippen LogP contribution < -0.4 is 5.32 Å². The fraction of sp³-hybridized carbons (Fsp3) is 0.462. The monoisotopic (exact) mass is 278 g/mol. The molecule has 1 aliphatic heterocycles. The summed E-state index contributed by atoms with van der Waals surface area (Å²) in [4.78, 5) is 4.31. The summed E-state index contributed by atoms with van der Waals surface area (Å²) >= 11 is 3.38. The summed E-state index contributed by atoms with van der Waals surface area (Å²) in [5, 5.41) is 3.64. The molecule has 0 bridgehead atoms. The fourth-order valence-electron chi connectivity index (χ4n) is 2.82. The molecule has 2 nitrogen and oxygen atoms in total. The maximum Gasteiger partial charge on any atom is 0.106 e. The molecule has 1 aliphatic carbocycles. The summed E-state index contributed by atoms with van der Waals surface area (Å²) in [6, 6.07) is 4.74. The Kier molecular flexibility index (Phi) is 2.82. The molecule has 1 aromatic rings. The zero-order chi connectivity index (χ0) is 11.0. The lowest BCUT2D eigenvalue weighted by atomic mass is 9.89. The Morgan fingerprint density at radius 3 is 3.12 bits per heavy atom. The third-order valence-electron chi connectivity index (χ3n) is 3.62. The van der Waals surface area contributed by atoms with Gasteiger partial charge in [0.2, 0.25) is 0 Å². The van der Waals surface area contributed by atoms with Gasteiger partial charge < -0.3 is 5.32 Å². The van der Waals surface area contributed by atoms with Crippen molar-refractivity contribution < 1.29 is 0 Å². The van der Waals surface area contributed by atoms with Crippen LogP contribution in [0.25, 0.3) is 5.57 Å². The molecule has 1 saturated heterocycles. The van der Waals surface area contributed by atoms with Crippen molar-refractivity contribution in [3.05, 3.63) is 34.6 Å². The second kappa shape index (κ2) is 4.30. The molecule has 2 aliphatic rings. The van der Waals surface area contributed by atoms with Crippen molar-refractivity contribution in [2.24, 2.45) is 5.92 Å². The predicted molar refractivity (Wildman–Crippen MR) is 69.0 cm³/mol. The van der Waals surface area contributed by atoms with Crippen molar-refractivity contribution in [2.75, 3.05) is 6.54 Å². The molecule has 0 saturated carbocycles. The van der Waals surface area contributed by atoms with Gasteiger partial charge >= 0.3 is 0 Å². The van der Waals surface area contributed by atoms with E-state index in [1.807, 2.05) is 12.3 Å². The number of rotatable bonds is 1. The molecule has 0 unspecified atom stereocenters. The fourth-order valence-corrected chi connectivity index (χ4v) is 3.06. The predicted octanol–water partition coefficient (Wildman–Crippen LogP) is 3.00. The second-order valence-corrected chi connectivity index (χ2v) is 5.41. The van der Waals surface area contributed by atoms with Gasteiger partial charge in [-0.1, -0.05) is 12.1 Å². The van der Waals surface area contributed by atoms with E-state index >= 15 is 0 Å². The van der Waals surface area contributed by atoms with Crippen molar-refractivity contribution in [1.82, 2.24) is 10.3 Å². The maximum atomic E-state index is 4.31. The zero-order valence-corrected chi connectivity index (χ0v) is 10.7. The van der Waals surface area contributed by atoms with Gasteiger partial charge in [-0.25, -0.2) is 4.98 Å². The lowest BCUT2D eigenvalue weighted by Crippen LogP contribution is -2.39. The number of nitrogens with one attached hydrogen (secondary N) is 1. The summed E-state index contributed by atoms with van der Waals surface area (Å²) < 4.78 is 0.906. The van der Waals surface area contributed by atoms with Crippen LogP contribution in [0.1, 0.15) is 24.8 Å². The number of halogens is 1. The number of piperidine rings is 1. The molecule has 84 valence electrons. The quantitative estimate of drug-likeness (QED) is 0.799. The largest absolute Gasteiger partial charge is 0.310 e. The standard InChI is InChI=1S/C13H15BrN2/c14-12-6-4-10(8-16-12)11-5-3-9-2-1-7-15-13(9)11/h4-6,8-9,13,15H,1-3,7H2/t9-,13-/m1/s1. The highest BCUT2D eigenvalue weighted by molar-refractivity contribution is 9.10. The van der Waals surface area contributed by atoms with E-state index in [-0.39, 0.29) is 0 Å². The van der Waals surface area contributed by atoms with Gasteiger partial charge in [-0.15, -0.1) is 0 Å². The van der Waals surface area contributed by atoms with Crippen LogP contribution >= 0.6 is 15.9 Å². The second-order valence-electron chi connectivity index (χ2n) is 4.60. The number of hydrogen-bond donors (Lipinski definition) is 1. The summed E-state index contributed by atoms with van der Waals surface area (Å²) in [5.41, 5.74) is 2.72. The van der Waals surface area contributed by atoms with Crippen molar-refractivity contribution in [3.63, 3.8) is 0 Å². The summed E-state index contributed by atoms with van der Waals surface area (Å²) in [7, 11) is 0. The molecule has 1 fully saturated rings. The molecular formula is C13H15BrN2. The molecule has 3 rings (SSSR count). The highest BCUT2D eigenvalue weighted by atomic mass is 79.9. The average Bonchev–Trinajstić information content (AvgIpc) is 2.74. The van der Waals surface area contributed by atoms with E-state index in [0.717, 1.165) is 17.1 Å². The third kappa shape index (κ3) is 1.82. The first kappa shape index (κ1) is 10.5. The Balaban J connectivity index is 1.87. The molecule has 2 atom stereocenters. The number of fused-ring (bicyclic) bond motifs is 1. The van der Waals surface area contributed by atoms with E-state index in [1.54, 1.807) is 0 Å². The lowest BCUT2D eigenvalue weighted by Gasteiger charge is -2.29. The van der Waals surface area contributed by atoms with Gasteiger partial charge in [-0.3, -0.25) is 0 Å². The summed E-state index contributed by atoms with van der Waals surface area (Å²) in [5.74, 6) is 0.812. The maximum absolute atomic E-state index is 4.31. The summed E-state index contributed by atoms with van der Waals surface area (Å²) in [6.45, 7) is 1.16. The van der Waals surface area contributed by atoms with Crippen LogP contribution in [-0.2, 0) is 0 Å². The van der Waals surface area contributed by atoms with Gasteiger partial charge in [0.25, 0.3) is 0 Å². The highest BCUT2D eigenvalue weighted by Gasteiger charge is 2.32. The Bertz CT molecular complexity index is 410. The molecule has 2 heterocycles. The minimum absolute atomic E-state index is 0.566. The van der Waals surface area contributed by atoms with Crippen molar-refractivity contribution in [2.45, 2.75) is 25.3 Å². The molecule has 0 aromatic carbocycles. The SMILES string of the molecule is Brc1ccc(C2=CC[C@H]3CCCN[C@@H]23)cn1. The van der Waals surface area contributed by atoms with E-state index < -0.39 is 0 Å². The topological polar surface area (TPSA) is 24.9 Å². The molecule has 3 heteroatoms. The van der Waals surface area contributed by atoms with Crippen molar-refractivity contribution in [3.8, 4) is 0 Å². The van der Waals surface area contributed by atoms with Gasteiger partial charge in [-0.05, 0) is 64.9 Å². The molecule has 1 aromatic heterocycles. The molecule has 0 radical (unpaired) electrons. The van der Waals surface area contributed by atoms with Crippen LogP contribution in [0, 0.1) is 5.92 Å². The van der Waals surface area contributed by atoms with Crippen LogP contribution in [-0.4, -0.2) is 17.6 Å². The van der Waals surface area contributed by atoms with Crippen molar-refractivity contribution in [1.29, 1.82) is 0 Å². The normalized spacial score (nSPS) is 28.7. The third-order valence-corrected chi connectivity index (χ3v) is 4.09. The van der Waals surface area contributed by atoms with E-state index in [0.29, 0.717) is 6.04 Å². The number of allylic oxidation sites excluding steroid dienone is 1. The van der Waals surface area contributed by atoms with Crippen LogP contribution in [0.3, 0.4) is 0 Å². The first-order valence-corrected chi connectivity index (χ1v) is 6.69. The highest BCUT2D eigenvalue weighted by Crippen LogP contribution is 2.36. The van der Waals surface area contributed by atoms with E-state index in [1.165, 1.54) is 30.4 Å². The zero-order valence-electron chi connectivity index (χ0n) is 9.12. The Morgan fingerprint density at radius 1 is 1.38 bits per heavy atom. The minimum Gasteiger partial charge on any atom is -0.310 e. The van der Waals surface area contributed by atoms with Crippen LogP contribution in [0.5, 0.6) is 0 Å².